The molecule has 0 aliphatic heterocycles. The van der Waals surface area contributed by atoms with Crippen LogP contribution < -0.4 is 4.74 Å². The summed E-state index contributed by atoms with van der Waals surface area (Å²) in [4.78, 5) is 3.99. The third-order valence-electron chi connectivity index (χ3n) is 2.35. The first-order valence-electron chi connectivity index (χ1n) is 5.33. The molecule has 94 valence electrons. The van der Waals surface area contributed by atoms with Crippen LogP contribution in [0, 0.1) is 5.82 Å². The molecule has 0 radical (unpaired) electrons. The normalized spacial score (nSPS) is 12.2. The third-order valence-corrected chi connectivity index (χ3v) is 2.65. The van der Waals surface area contributed by atoms with Gasteiger partial charge in [0.2, 0.25) is 5.88 Å². The molecule has 1 aromatic heterocycles. The predicted molar refractivity (Wildman–Crippen MR) is 66.4 cm³/mol. The van der Waals surface area contributed by atoms with Crippen LogP contribution in [0.3, 0.4) is 0 Å². The van der Waals surface area contributed by atoms with Crippen molar-refractivity contribution >= 4 is 11.6 Å². The lowest BCUT2D eigenvalue weighted by atomic mass is 10.2. The lowest BCUT2D eigenvalue weighted by Gasteiger charge is -2.09. The monoisotopic (exact) mass is 267 g/mol. The number of halogens is 2. The Hall–Kier alpha value is -1.65. The molecule has 18 heavy (non-hydrogen) atoms. The van der Waals surface area contributed by atoms with Crippen molar-refractivity contribution in [2.45, 2.75) is 13.0 Å². The molecule has 1 aromatic carbocycles. The molecular weight excluding hydrogens is 257 g/mol. The van der Waals surface area contributed by atoms with Gasteiger partial charge in [0, 0.05) is 12.3 Å². The van der Waals surface area contributed by atoms with E-state index in [2.05, 4.69) is 4.98 Å². The van der Waals surface area contributed by atoms with E-state index in [1.54, 1.807) is 19.1 Å². The predicted octanol–water partition coefficient (Wildman–Crippen LogP) is 3.72. The summed E-state index contributed by atoms with van der Waals surface area (Å²) in [6, 6.07) is 7.12. The molecule has 0 aliphatic rings. The van der Waals surface area contributed by atoms with Gasteiger partial charge in [-0.2, -0.15) is 0 Å². The molecular formula is C13H11ClFNO2. The SMILES string of the molecule is C[C@@H](O)c1ccnc(Oc2ccc(F)cc2Cl)c1. The van der Waals surface area contributed by atoms with Gasteiger partial charge in [0.15, 0.2) is 0 Å². The topological polar surface area (TPSA) is 42.4 Å². The number of nitrogens with zero attached hydrogens (tertiary/aromatic N) is 1. The second-order valence-corrected chi connectivity index (χ2v) is 4.19. The summed E-state index contributed by atoms with van der Waals surface area (Å²) >= 11 is 5.84. The van der Waals surface area contributed by atoms with Gasteiger partial charge in [0.1, 0.15) is 11.6 Å². The number of hydrogen-bond donors (Lipinski definition) is 1. The molecule has 0 fully saturated rings. The van der Waals surface area contributed by atoms with Crippen molar-refractivity contribution in [3.8, 4) is 11.6 Å². The smallest absolute Gasteiger partial charge is 0.219 e. The Bertz CT molecular complexity index is 560. The first kappa shape index (κ1) is 12.8. The van der Waals surface area contributed by atoms with Gasteiger partial charge in [-0.15, -0.1) is 0 Å². The van der Waals surface area contributed by atoms with E-state index in [0.29, 0.717) is 17.2 Å². The summed E-state index contributed by atoms with van der Waals surface area (Å²) in [5.41, 5.74) is 0.679. The molecule has 2 rings (SSSR count). The highest BCUT2D eigenvalue weighted by molar-refractivity contribution is 6.32. The molecule has 0 amide bonds. The Morgan fingerprint density at radius 2 is 2.11 bits per heavy atom. The molecule has 0 unspecified atom stereocenters. The Labute approximate surface area is 109 Å². The first-order chi connectivity index (χ1) is 8.56. The molecule has 1 heterocycles. The standard InChI is InChI=1S/C13H11ClFNO2/c1-8(17)9-4-5-16-13(6-9)18-12-3-2-10(15)7-11(12)14/h2-8,17H,1H3/t8-/m1/s1. The van der Waals surface area contributed by atoms with E-state index in [1.165, 1.54) is 18.3 Å². The number of aliphatic hydroxyl groups excluding tert-OH is 1. The van der Waals surface area contributed by atoms with Crippen LogP contribution in [0.4, 0.5) is 4.39 Å². The van der Waals surface area contributed by atoms with Crippen molar-refractivity contribution in [1.82, 2.24) is 4.98 Å². The largest absolute Gasteiger partial charge is 0.437 e. The number of benzene rings is 1. The quantitative estimate of drug-likeness (QED) is 0.922. The fourth-order valence-electron chi connectivity index (χ4n) is 1.41. The average molecular weight is 268 g/mol. The van der Waals surface area contributed by atoms with E-state index < -0.39 is 11.9 Å². The van der Waals surface area contributed by atoms with Crippen molar-refractivity contribution < 1.29 is 14.2 Å². The van der Waals surface area contributed by atoms with Crippen LogP contribution in [0.15, 0.2) is 36.5 Å². The second-order valence-electron chi connectivity index (χ2n) is 3.78. The van der Waals surface area contributed by atoms with E-state index in [4.69, 9.17) is 16.3 Å². The van der Waals surface area contributed by atoms with Gasteiger partial charge in [0.25, 0.3) is 0 Å². The maximum absolute atomic E-state index is 12.9. The van der Waals surface area contributed by atoms with Crippen molar-refractivity contribution in [3.05, 3.63) is 52.9 Å². The second kappa shape index (κ2) is 5.33. The molecule has 0 spiro atoms. The van der Waals surface area contributed by atoms with E-state index in [1.807, 2.05) is 0 Å². The summed E-state index contributed by atoms with van der Waals surface area (Å²) in [6.07, 6.45) is 0.911. The Morgan fingerprint density at radius 3 is 2.78 bits per heavy atom. The zero-order chi connectivity index (χ0) is 13.1. The summed E-state index contributed by atoms with van der Waals surface area (Å²) in [6.45, 7) is 1.64. The summed E-state index contributed by atoms with van der Waals surface area (Å²) in [5.74, 6) is 0.174. The maximum atomic E-state index is 12.9. The lowest BCUT2D eigenvalue weighted by molar-refractivity contribution is 0.198. The summed E-state index contributed by atoms with van der Waals surface area (Å²) in [5, 5.41) is 9.61. The number of hydrogen-bond acceptors (Lipinski definition) is 3. The van der Waals surface area contributed by atoms with Crippen molar-refractivity contribution in [1.29, 1.82) is 0 Å². The van der Waals surface area contributed by atoms with Crippen molar-refractivity contribution in [2.24, 2.45) is 0 Å². The van der Waals surface area contributed by atoms with E-state index >= 15 is 0 Å². The molecule has 1 atom stereocenters. The highest BCUT2D eigenvalue weighted by Crippen LogP contribution is 2.29. The Balaban J connectivity index is 2.25. The van der Waals surface area contributed by atoms with Crippen LogP contribution in [0.25, 0.3) is 0 Å². The van der Waals surface area contributed by atoms with Crippen LogP contribution in [0.5, 0.6) is 11.6 Å². The molecule has 5 heteroatoms. The fourth-order valence-corrected chi connectivity index (χ4v) is 1.62. The van der Waals surface area contributed by atoms with Crippen LogP contribution >= 0.6 is 11.6 Å². The van der Waals surface area contributed by atoms with E-state index in [0.717, 1.165) is 6.07 Å². The number of aliphatic hydroxyl groups is 1. The van der Waals surface area contributed by atoms with Crippen LogP contribution in [0.2, 0.25) is 5.02 Å². The molecule has 0 saturated carbocycles. The van der Waals surface area contributed by atoms with Crippen LogP contribution in [-0.2, 0) is 0 Å². The van der Waals surface area contributed by atoms with Gasteiger partial charge in [0.05, 0.1) is 11.1 Å². The van der Waals surface area contributed by atoms with Crippen LogP contribution in [-0.4, -0.2) is 10.1 Å². The number of pyridine rings is 1. The zero-order valence-corrected chi connectivity index (χ0v) is 10.4. The number of ether oxygens (including phenoxy) is 1. The third kappa shape index (κ3) is 2.97. The highest BCUT2D eigenvalue weighted by atomic mass is 35.5. The molecule has 0 aliphatic carbocycles. The van der Waals surface area contributed by atoms with Gasteiger partial charge >= 0.3 is 0 Å². The lowest BCUT2D eigenvalue weighted by Crippen LogP contribution is -1.94. The highest BCUT2D eigenvalue weighted by Gasteiger charge is 2.07. The number of rotatable bonds is 3. The van der Waals surface area contributed by atoms with Crippen molar-refractivity contribution in [2.75, 3.05) is 0 Å². The molecule has 0 bridgehead atoms. The van der Waals surface area contributed by atoms with Gasteiger partial charge in [-0.3, -0.25) is 0 Å². The minimum Gasteiger partial charge on any atom is -0.437 e. The molecule has 1 N–H and O–H groups in total. The average Bonchev–Trinajstić information content (AvgIpc) is 2.33. The van der Waals surface area contributed by atoms with Crippen molar-refractivity contribution in [3.63, 3.8) is 0 Å². The van der Waals surface area contributed by atoms with Gasteiger partial charge in [-0.05, 0) is 36.8 Å². The zero-order valence-electron chi connectivity index (χ0n) is 9.60. The minimum absolute atomic E-state index is 0.166. The minimum atomic E-state index is -0.612. The maximum Gasteiger partial charge on any atom is 0.219 e. The van der Waals surface area contributed by atoms with E-state index in [9.17, 15) is 9.50 Å². The van der Waals surface area contributed by atoms with Crippen LogP contribution in [0.1, 0.15) is 18.6 Å². The summed E-state index contributed by atoms with van der Waals surface area (Å²) in [7, 11) is 0. The first-order valence-corrected chi connectivity index (χ1v) is 5.71. The summed E-state index contributed by atoms with van der Waals surface area (Å²) < 4.78 is 18.3. The van der Waals surface area contributed by atoms with Gasteiger partial charge in [-0.25, -0.2) is 9.37 Å². The fraction of sp³-hybridized carbons (Fsp3) is 0.154. The molecule has 2 aromatic rings. The van der Waals surface area contributed by atoms with Gasteiger partial charge in [-0.1, -0.05) is 11.6 Å². The Morgan fingerprint density at radius 1 is 1.33 bits per heavy atom. The molecule has 0 saturated heterocycles. The number of aromatic nitrogens is 1. The van der Waals surface area contributed by atoms with E-state index in [-0.39, 0.29) is 5.02 Å². The van der Waals surface area contributed by atoms with Gasteiger partial charge < -0.3 is 9.84 Å². The molecule has 3 nitrogen and oxygen atoms in total. The Kier molecular flexibility index (Phi) is 3.79.